The zero-order valence-corrected chi connectivity index (χ0v) is 13.6. The molecule has 1 N–H and O–H groups in total. The van der Waals surface area contributed by atoms with Crippen molar-refractivity contribution in [3.05, 3.63) is 18.3 Å². The van der Waals surface area contributed by atoms with Gasteiger partial charge in [-0.25, -0.2) is 9.97 Å². The number of nitrogens with zero attached hydrogens (tertiary/aromatic N) is 3. The Kier molecular flexibility index (Phi) is 4.56. The molecule has 0 saturated heterocycles. The monoisotopic (exact) mass is 307 g/mol. The van der Waals surface area contributed by atoms with E-state index in [9.17, 15) is 4.79 Å². The summed E-state index contributed by atoms with van der Waals surface area (Å²) in [7, 11) is 0. The van der Waals surface area contributed by atoms with Gasteiger partial charge in [-0.05, 0) is 23.5 Å². The Morgan fingerprint density at radius 2 is 2.19 bits per heavy atom. The highest BCUT2D eigenvalue weighted by atomic mass is 32.2. The molecule has 21 heavy (non-hydrogen) atoms. The molecule has 2 aromatic heterocycles. The van der Waals surface area contributed by atoms with Crippen molar-refractivity contribution in [3.63, 3.8) is 0 Å². The molecule has 0 bridgehead atoms. The molecule has 114 valence electrons. The van der Waals surface area contributed by atoms with Crippen molar-refractivity contribution in [2.24, 2.45) is 11.3 Å². The number of carboxylic acid groups (broad SMARTS) is 1. The van der Waals surface area contributed by atoms with E-state index in [-0.39, 0.29) is 11.2 Å². The fourth-order valence-electron chi connectivity index (χ4n) is 1.89. The van der Waals surface area contributed by atoms with E-state index in [2.05, 4.69) is 37.7 Å². The Balaban J connectivity index is 2.38. The van der Waals surface area contributed by atoms with E-state index >= 15 is 0 Å². The number of hydrogen-bond acceptors (Lipinski definition) is 4. The van der Waals surface area contributed by atoms with Gasteiger partial charge < -0.3 is 9.67 Å². The number of imidazole rings is 1. The molecular formula is C15H21N3O2S. The van der Waals surface area contributed by atoms with Crippen LogP contribution in [-0.4, -0.2) is 31.4 Å². The second-order valence-corrected chi connectivity index (χ2v) is 7.24. The average Bonchev–Trinajstić information content (AvgIpc) is 2.73. The fourth-order valence-corrected chi connectivity index (χ4v) is 2.62. The lowest BCUT2D eigenvalue weighted by atomic mass is 9.82. The minimum Gasteiger partial charge on any atom is -0.481 e. The van der Waals surface area contributed by atoms with Crippen LogP contribution < -0.4 is 0 Å². The van der Waals surface area contributed by atoms with E-state index in [1.54, 1.807) is 6.20 Å². The summed E-state index contributed by atoms with van der Waals surface area (Å²) < 4.78 is 2.04. The summed E-state index contributed by atoms with van der Waals surface area (Å²) in [6, 6.07) is 3.75. The minimum absolute atomic E-state index is 0.00716. The van der Waals surface area contributed by atoms with Gasteiger partial charge in [0.25, 0.3) is 0 Å². The first-order chi connectivity index (χ1) is 9.79. The number of pyridine rings is 1. The number of fused-ring (bicyclic) bond motifs is 1. The highest BCUT2D eigenvalue weighted by Crippen LogP contribution is 2.30. The predicted octanol–water partition coefficient (Wildman–Crippen LogP) is 3.29. The molecule has 5 nitrogen and oxygen atoms in total. The lowest BCUT2D eigenvalue weighted by Gasteiger charge is -2.28. The number of rotatable bonds is 5. The third-order valence-electron chi connectivity index (χ3n) is 3.73. The second kappa shape index (κ2) is 6.05. The van der Waals surface area contributed by atoms with Crippen LogP contribution in [-0.2, 0) is 11.3 Å². The van der Waals surface area contributed by atoms with Crippen LogP contribution in [0.3, 0.4) is 0 Å². The number of hydrogen-bond donors (Lipinski definition) is 1. The third-order valence-corrected chi connectivity index (χ3v) is 4.69. The molecule has 0 aliphatic rings. The summed E-state index contributed by atoms with van der Waals surface area (Å²) in [5, 5.41) is 9.60. The average molecular weight is 307 g/mol. The number of carbonyl (C=O) groups is 1. The largest absolute Gasteiger partial charge is 0.481 e. The van der Waals surface area contributed by atoms with Gasteiger partial charge in [-0.15, -0.1) is 0 Å². The zero-order valence-electron chi connectivity index (χ0n) is 12.8. The van der Waals surface area contributed by atoms with Gasteiger partial charge in [0.15, 0.2) is 10.8 Å². The highest BCUT2D eigenvalue weighted by molar-refractivity contribution is 7.99. The Morgan fingerprint density at radius 1 is 1.48 bits per heavy atom. The summed E-state index contributed by atoms with van der Waals surface area (Å²) in [4.78, 5) is 19.7. The van der Waals surface area contributed by atoms with Crippen molar-refractivity contribution in [1.82, 2.24) is 14.5 Å². The molecular weight excluding hydrogens is 286 g/mol. The molecule has 0 spiro atoms. The van der Waals surface area contributed by atoms with Crippen LogP contribution in [0.1, 0.15) is 27.7 Å². The Morgan fingerprint density at radius 3 is 2.81 bits per heavy atom. The molecule has 2 aromatic rings. The van der Waals surface area contributed by atoms with E-state index in [1.165, 1.54) is 11.8 Å². The van der Waals surface area contributed by atoms with Crippen molar-refractivity contribution in [2.75, 3.05) is 5.75 Å². The summed E-state index contributed by atoms with van der Waals surface area (Å²) in [6.45, 7) is 9.58. The van der Waals surface area contributed by atoms with Crippen LogP contribution in [0.2, 0.25) is 0 Å². The van der Waals surface area contributed by atoms with Gasteiger partial charge in [0.2, 0.25) is 0 Å². The van der Waals surface area contributed by atoms with Crippen molar-refractivity contribution in [2.45, 2.75) is 39.4 Å². The molecule has 0 amide bonds. The summed E-state index contributed by atoms with van der Waals surface area (Å²) in [6.07, 6.45) is 1.74. The van der Waals surface area contributed by atoms with Gasteiger partial charge in [0, 0.05) is 12.7 Å². The number of carboxylic acids is 1. The molecule has 0 aliphatic carbocycles. The molecule has 1 unspecified atom stereocenters. The Labute approximate surface area is 128 Å². The van der Waals surface area contributed by atoms with Crippen LogP contribution in [0.25, 0.3) is 11.2 Å². The molecule has 0 aromatic carbocycles. The molecule has 0 radical (unpaired) electrons. The topological polar surface area (TPSA) is 68.0 Å². The SMILES string of the molecule is CC(Cn1c(SCC(=O)O)nc2cccnc21)C(C)(C)C. The van der Waals surface area contributed by atoms with E-state index in [1.807, 2.05) is 16.7 Å². The van der Waals surface area contributed by atoms with Gasteiger partial charge in [-0.2, -0.15) is 0 Å². The maximum Gasteiger partial charge on any atom is 0.313 e. The summed E-state index contributed by atoms with van der Waals surface area (Å²) in [5.41, 5.74) is 1.80. The van der Waals surface area contributed by atoms with Crippen molar-refractivity contribution in [3.8, 4) is 0 Å². The molecule has 2 rings (SSSR count). The fraction of sp³-hybridized carbons (Fsp3) is 0.533. The van der Waals surface area contributed by atoms with Crippen molar-refractivity contribution in [1.29, 1.82) is 0 Å². The molecule has 2 heterocycles. The molecule has 1 atom stereocenters. The molecule has 0 fully saturated rings. The minimum atomic E-state index is -0.838. The lowest BCUT2D eigenvalue weighted by molar-refractivity contribution is -0.133. The summed E-state index contributed by atoms with van der Waals surface area (Å²) >= 11 is 1.25. The van der Waals surface area contributed by atoms with Crippen LogP contribution >= 0.6 is 11.8 Å². The Bertz CT molecular complexity index is 646. The number of aromatic nitrogens is 3. The van der Waals surface area contributed by atoms with E-state index in [0.29, 0.717) is 5.92 Å². The highest BCUT2D eigenvalue weighted by Gasteiger charge is 2.23. The van der Waals surface area contributed by atoms with Gasteiger partial charge in [0.05, 0.1) is 5.75 Å². The van der Waals surface area contributed by atoms with Gasteiger partial charge in [-0.1, -0.05) is 39.5 Å². The van der Waals surface area contributed by atoms with Gasteiger partial charge in [-0.3, -0.25) is 4.79 Å². The van der Waals surface area contributed by atoms with Crippen molar-refractivity contribution < 1.29 is 9.90 Å². The smallest absolute Gasteiger partial charge is 0.313 e. The number of thioether (sulfide) groups is 1. The van der Waals surface area contributed by atoms with E-state index < -0.39 is 5.97 Å². The Hall–Kier alpha value is -1.56. The maximum atomic E-state index is 10.8. The predicted molar refractivity (Wildman–Crippen MR) is 84.5 cm³/mol. The normalized spacial score (nSPS) is 13.5. The molecule has 6 heteroatoms. The maximum absolute atomic E-state index is 10.8. The summed E-state index contributed by atoms with van der Waals surface area (Å²) in [5.74, 6) is -0.413. The molecule has 0 saturated carbocycles. The first kappa shape index (κ1) is 15.8. The van der Waals surface area contributed by atoms with Crippen LogP contribution in [0, 0.1) is 11.3 Å². The van der Waals surface area contributed by atoms with Crippen LogP contribution in [0.4, 0.5) is 0 Å². The zero-order chi connectivity index (χ0) is 15.6. The first-order valence-electron chi connectivity index (χ1n) is 6.95. The quantitative estimate of drug-likeness (QED) is 0.858. The van der Waals surface area contributed by atoms with Gasteiger partial charge in [0.1, 0.15) is 5.52 Å². The van der Waals surface area contributed by atoms with E-state index in [4.69, 9.17) is 5.11 Å². The lowest BCUT2D eigenvalue weighted by Crippen LogP contribution is -2.23. The van der Waals surface area contributed by atoms with E-state index in [0.717, 1.165) is 22.9 Å². The first-order valence-corrected chi connectivity index (χ1v) is 7.93. The third kappa shape index (κ3) is 3.75. The van der Waals surface area contributed by atoms with Crippen molar-refractivity contribution >= 4 is 28.9 Å². The molecule has 0 aliphatic heterocycles. The van der Waals surface area contributed by atoms with Gasteiger partial charge >= 0.3 is 5.97 Å². The number of aliphatic carboxylic acids is 1. The second-order valence-electron chi connectivity index (χ2n) is 6.30. The van der Waals surface area contributed by atoms with Crippen LogP contribution in [0.15, 0.2) is 23.5 Å². The van der Waals surface area contributed by atoms with Crippen LogP contribution in [0.5, 0.6) is 0 Å². The standard InChI is InChI=1S/C15H21N3O2S/c1-10(15(2,3)4)8-18-13-11(6-5-7-16-13)17-14(18)21-9-12(19)20/h5-7,10H,8-9H2,1-4H3,(H,19,20).